The van der Waals surface area contributed by atoms with Crippen LogP contribution in [0.2, 0.25) is 0 Å². The Balaban J connectivity index is 2.64. The lowest BCUT2D eigenvalue weighted by molar-refractivity contribution is -0.139. The predicted molar refractivity (Wildman–Crippen MR) is 48.1 cm³/mol. The standard InChI is InChI=1S/C8H10BNO2/c1-12-8(11)4-7-3-2-6(9)5-10-7/h2-3,5H,4,9H2,1H3. The van der Waals surface area contributed by atoms with E-state index in [1.807, 2.05) is 20.0 Å². The van der Waals surface area contributed by atoms with Crippen LogP contribution in [0.3, 0.4) is 0 Å². The highest BCUT2D eigenvalue weighted by Gasteiger charge is 2.02. The van der Waals surface area contributed by atoms with Crippen molar-refractivity contribution in [2.75, 3.05) is 7.11 Å². The number of hydrogen-bond acceptors (Lipinski definition) is 3. The predicted octanol–water partition coefficient (Wildman–Crippen LogP) is -0.945. The Labute approximate surface area is 72.2 Å². The maximum Gasteiger partial charge on any atom is 0.311 e. The normalized spacial score (nSPS) is 9.42. The fraction of sp³-hybridized carbons (Fsp3) is 0.250. The van der Waals surface area contributed by atoms with Crippen molar-refractivity contribution in [1.82, 2.24) is 4.98 Å². The van der Waals surface area contributed by atoms with Gasteiger partial charge in [0.05, 0.1) is 19.2 Å². The molecule has 12 heavy (non-hydrogen) atoms. The number of nitrogens with zero attached hydrogens (tertiary/aromatic N) is 1. The second-order valence-corrected chi connectivity index (χ2v) is 2.58. The summed E-state index contributed by atoms with van der Waals surface area (Å²) in [5.74, 6) is -0.258. The van der Waals surface area contributed by atoms with Crippen LogP contribution < -0.4 is 5.46 Å². The highest BCUT2D eigenvalue weighted by Crippen LogP contribution is 1.93. The van der Waals surface area contributed by atoms with Gasteiger partial charge in [0.25, 0.3) is 0 Å². The van der Waals surface area contributed by atoms with E-state index < -0.39 is 0 Å². The molecular weight excluding hydrogens is 153 g/mol. The quantitative estimate of drug-likeness (QED) is 0.417. The number of carbonyl (C=O) groups is 1. The van der Waals surface area contributed by atoms with Crippen LogP contribution in [-0.4, -0.2) is 25.9 Å². The van der Waals surface area contributed by atoms with Crippen LogP contribution in [0, 0.1) is 0 Å². The van der Waals surface area contributed by atoms with Crippen molar-refractivity contribution < 1.29 is 9.53 Å². The second-order valence-electron chi connectivity index (χ2n) is 2.58. The van der Waals surface area contributed by atoms with Crippen molar-refractivity contribution in [1.29, 1.82) is 0 Å². The second kappa shape index (κ2) is 3.90. The van der Waals surface area contributed by atoms with Crippen molar-refractivity contribution in [2.24, 2.45) is 0 Å². The fourth-order valence-corrected chi connectivity index (χ4v) is 0.823. The van der Waals surface area contributed by atoms with Crippen LogP contribution in [0.5, 0.6) is 0 Å². The molecule has 0 aliphatic carbocycles. The summed E-state index contributed by atoms with van der Waals surface area (Å²) in [5.41, 5.74) is 1.83. The Bertz CT molecular complexity index is 271. The average Bonchev–Trinajstić information content (AvgIpc) is 2.09. The lowest BCUT2D eigenvalue weighted by Gasteiger charge is -1.98. The molecule has 0 saturated carbocycles. The molecule has 1 heterocycles. The van der Waals surface area contributed by atoms with Gasteiger partial charge in [-0.15, -0.1) is 0 Å². The van der Waals surface area contributed by atoms with Crippen LogP contribution in [0.1, 0.15) is 5.69 Å². The average molecular weight is 163 g/mol. The molecule has 0 unspecified atom stereocenters. The first-order valence-electron chi connectivity index (χ1n) is 3.70. The maximum atomic E-state index is 10.8. The number of carbonyl (C=O) groups excluding carboxylic acids is 1. The number of rotatable bonds is 2. The Morgan fingerprint density at radius 2 is 2.42 bits per heavy atom. The van der Waals surface area contributed by atoms with Gasteiger partial charge in [-0.25, -0.2) is 0 Å². The lowest BCUT2D eigenvalue weighted by atomic mass is 9.98. The minimum absolute atomic E-state index is 0.247. The van der Waals surface area contributed by atoms with Crippen molar-refractivity contribution in [3.05, 3.63) is 24.0 Å². The first-order chi connectivity index (χ1) is 5.72. The summed E-state index contributed by atoms with van der Waals surface area (Å²) in [6.45, 7) is 0. The zero-order valence-corrected chi connectivity index (χ0v) is 7.20. The van der Waals surface area contributed by atoms with E-state index >= 15 is 0 Å². The van der Waals surface area contributed by atoms with Crippen LogP contribution in [0.4, 0.5) is 0 Å². The summed E-state index contributed by atoms with van der Waals surface area (Å²) in [6.07, 6.45) is 1.98. The van der Waals surface area contributed by atoms with Gasteiger partial charge in [0.15, 0.2) is 0 Å². The monoisotopic (exact) mass is 163 g/mol. The first-order valence-corrected chi connectivity index (χ1v) is 3.70. The van der Waals surface area contributed by atoms with Crippen LogP contribution >= 0.6 is 0 Å². The highest BCUT2D eigenvalue weighted by atomic mass is 16.5. The number of ether oxygens (including phenoxy) is 1. The van der Waals surface area contributed by atoms with Gasteiger partial charge < -0.3 is 4.74 Å². The smallest absolute Gasteiger partial charge is 0.311 e. The SMILES string of the molecule is Bc1ccc(CC(=O)OC)nc1. The molecule has 0 atom stereocenters. The van der Waals surface area contributed by atoms with Gasteiger partial charge in [0.2, 0.25) is 0 Å². The number of pyridine rings is 1. The molecule has 1 aromatic rings. The van der Waals surface area contributed by atoms with Crippen molar-refractivity contribution in [3.8, 4) is 0 Å². The first kappa shape index (κ1) is 8.78. The molecule has 1 rings (SSSR count). The molecule has 3 nitrogen and oxygen atoms in total. The van der Waals surface area contributed by atoms with E-state index in [9.17, 15) is 4.79 Å². The molecule has 0 aliphatic heterocycles. The number of methoxy groups -OCH3 is 1. The van der Waals surface area contributed by atoms with Crippen molar-refractivity contribution >= 4 is 19.3 Å². The summed E-state index contributed by atoms with van der Waals surface area (Å²) >= 11 is 0. The van der Waals surface area contributed by atoms with Gasteiger partial charge >= 0.3 is 5.97 Å². The van der Waals surface area contributed by atoms with Gasteiger partial charge in [-0.3, -0.25) is 9.78 Å². The minimum atomic E-state index is -0.258. The molecule has 0 aliphatic rings. The highest BCUT2D eigenvalue weighted by molar-refractivity contribution is 6.32. The third-order valence-electron chi connectivity index (χ3n) is 1.53. The van der Waals surface area contributed by atoms with Crippen LogP contribution in [0.15, 0.2) is 18.3 Å². The van der Waals surface area contributed by atoms with Gasteiger partial charge in [0, 0.05) is 6.20 Å². The lowest BCUT2D eigenvalue weighted by Crippen LogP contribution is -2.09. The summed E-state index contributed by atoms with van der Waals surface area (Å²) in [4.78, 5) is 14.9. The molecule has 0 bridgehead atoms. The van der Waals surface area contributed by atoms with E-state index in [4.69, 9.17) is 0 Å². The van der Waals surface area contributed by atoms with Gasteiger partial charge in [-0.1, -0.05) is 11.5 Å². The van der Waals surface area contributed by atoms with Gasteiger partial charge in [-0.2, -0.15) is 0 Å². The number of aromatic nitrogens is 1. The summed E-state index contributed by atoms with van der Waals surface area (Å²) < 4.78 is 4.51. The molecule has 0 N–H and O–H groups in total. The Hall–Kier alpha value is -1.32. The number of esters is 1. The summed E-state index contributed by atoms with van der Waals surface area (Å²) in [6, 6.07) is 3.75. The molecule has 0 spiro atoms. The Morgan fingerprint density at radius 3 is 2.92 bits per heavy atom. The zero-order chi connectivity index (χ0) is 8.97. The summed E-state index contributed by atoms with van der Waals surface area (Å²) in [7, 11) is 3.32. The molecule has 0 aromatic carbocycles. The third kappa shape index (κ3) is 2.38. The van der Waals surface area contributed by atoms with Gasteiger partial charge in [0.1, 0.15) is 7.85 Å². The van der Waals surface area contributed by atoms with Crippen molar-refractivity contribution in [3.63, 3.8) is 0 Å². The maximum absolute atomic E-state index is 10.8. The molecular formula is C8H10BNO2. The van der Waals surface area contributed by atoms with E-state index in [0.29, 0.717) is 0 Å². The molecule has 0 radical (unpaired) electrons. The Morgan fingerprint density at radius 1 is 1.67 bits per heavy atom. The Kier molecular flexibility index (Phi) is 2.85. The molecule has 4 heteroatoms. The van der Waals surface area contributed by atoms with E-state index in [0.717, 1.165) is 11.2 Å². The molecule has 0 amide bonds. The largest absolute Gasteiger partial charge is 0.469 e. The molecule has 0 fully saturated rings. The fourth-order valence-electron chi connectivity index (χ4n) is 0.823. The topological polar surface area (TPSA) is 39.2 Å². The molecule has 1 aromatic heterocycles. The van der Waals surface area contributed by atoms with Gasteiger partial charge in [-0.05, 0) is 6.07 Å². The molecule has 62 valence electrons. The molecule has 0 saturated heterocycles. The van der Waals surface area contributed by atoms with E-state index in [1.54, 1.807) is 6.20 Å². The third-order valence-corrected chi connectivity index (χ3v) is 1.53. The van der Waals surface area contributed by atoms with E-state index in [1.165, 1.54) is 7.11 Å². The zero-order valence-electron chi connectivity index (χ0n) is 7.20. The van der Waals surface area contributed by atoms with E-state index in [2.05, 4.69) is 9.72 Å². The minimum Gasteiger partial charge on any atom is -0.469 e. The number of hydrogen-bond donors (Lipinski definition) is 0. The van der Waals surface area contributed by atoms with E-state index in [-0.39, 0.29) is 12.4 Å². The van der Waals surface area contributed by atoms with Crippen molar-refractivity contribution in [2.45, 2.75) is 6.42 Å². The summed E-state index contributed by atoms with van der Waals surface area (Å²) in [5, 5.41) is 0. The van der Waals surface area contributed by atoms with Crippen LogP contribution in [-0.2, 0) is 16.0 Å². The van der Waals surface area contributed by atoms with Crippen LogP contribution in [0.25, 0.3) is 0 Å².